The van der Waals surface area contributed by atoms with E-state index in [9.17, 15) is 27.1 Å². The van der Waals surface area contributed by atoms with E-state index in [-0.39, 0.29) is 17.2 Å². The van der Waals surface area contributed by atoms with E-state index < -0.39 is 35.9 Å². The van der Waals surface area contributed by atoms with Gasteiger partial charge in [0.25, 0.3) is 0 Å². The normalized spacial score (nSPS) is 18.4. The van der Waals surface area contributed by atoms with Gasteiger partial charge in [-0.05, 0) is 44.0 Å². The van der Waals surface area contributed by atoms with Crippen molar-refractivity contribution < 1.29 is 27.1 Å². The van der Waals surface area contributed by atoms with Crippen molar-refractivity contribution in [2.45, 2.75) is 44.0 Å². The van der Waals surface area contributed by atoms with E-state index in [2.05, 4.69) is 25.3 Å². The van der Waals surface area contributed by atoms with Crippen molar-refractivity contribution in [1.82, 2.24) is 29.8 Å². The molecule has 8 nitrogen and oxygen atoms in total. The molecule has 4 heterocycles. The molecule has 184 valence electrons. The highest BCUT2D eigenvalue weighted by atomic mass is 19.4. The zero-order chi connectivity index (χ0) is 25.0. The number of fused-ring (bicyclic) bond motifs is 1. The minimum Gasteiger partial charge on any atom is -0.380 e. The van der Waals surface area contributed by atoms with Crippen LogP contribution in [-0.4, -0.2) is 53.2 Å². The number of aromatic amines is 1. The number of aromatic nitrogens is 6. The zero-order valence-corrected chi connectivity index (χ0v) is 18.4. The first-order valence-corrected chi connectivity index (χ1v) is 10.8. The molecule has 35 heavy (non-hydrogen) atoms. The summed E-state index contributed by atoms with van der Waals surface area (Å²) in [5.41, 5.74) is -2.05. The molecule has 0 radical (unpaired) electrons. The summed E-state index contributed by atoms with van der Waals surface area (Å²) in [4.78, 5) is 10.6. The Balaban J connectivity index is 1.47. The summed E-state index contributed by atoms with van der Waals surface area (Å²) >= 11 is 0. The van der Waals surface area contributed by atoms with Gasteiger partial charge in [0.2, 0.25) is 0 Å². The SMILES string of the molecule is CC(O)(Cc1nc(-c2cnn3ccc(N4CCC[C@@H]4c4cc(F)ccc4F)nc23)n[nH]1)C(F)(F)F. The Bertz CT molecular complexity index is 1380. The number of rotatable bonds is 5. The Labute approximate surface area is 195 Å². The van der Waals surface area contributed by atoms with Crippen LogP contribution in [0.1, 0.15) is 37.2 Å². The van der Waals surface area contributed by atoms with Gasteiger partial charge in [0.15, 0.2) is 17.1 Å². The van der Waals surface area contributed by atoms with Crippen LogP contribution >= 0.6 is 0 Å². The van der Waals surface area contributed by atoms with E-state index >= 15 is 0 Å². The van der Waals surface area contributed by atoms with Crippen molar-refractivity contribution in [3.05, 3.63) is 59.7 Å². The first-order valence-electron chi connectivity index (χ1n) is 10.8. The van der Waals surface area contributed by atoms with E-state index in [0.29, 0.717) is 36.9 Å². The number of nitrogens with zero attached hydrogens (tertiary/aromatic N) is 6. The van der Waals surface area contributed by atoms with Crippen LogP contribution in [0.3, 0.4) is 0 Å². The molecule has 3 aromatic heterocycles. The summed E-state index contributed by atoms with van der Waals surface area (Å²) in [5, 5.41) is 20.3. The molecule has 0 amide bonds. The average Bonchev–Trinajstić information content (AvgIpc) is 3.53. The van der Waals surface area contributed by atoms with Gasteiger partial charge in [0.05, 0.1) is 17.8 Å². The molecule has 1 aliphatic heterocycles. The molecular weight excluding hydrogens is 473 g/mol. The van der Waals surface area contributed by atoms with Crippen LogP contribution < -0.4 is 4.90 Å². The monoisotopic (exact) mass is 493 g/mol. The summed E-state index contributed by atoms with van der Waals surface area (Å²) in [6.07, 6.45) is -1.22. The summed E-state index contributed by atoms with van der Waals surface area (Å²) in [5.74, 6) is -0.621. The second-order valence-corrected chi connectivity index (χ2v) is 8.68. The van der Waals surface area contributed by atoms with Gasteiger partial charge in [-0.25, -0.2) is 23.3 Å². The van der Waals surface area contributed by atoms with Crippen LogP contribution in [0.15, 0.2) is 36.7 Å². The lowest BCUT2D eigenvalue weighted by Gasteiger charge is -2.26. The summed E-state index contributed by atoms with van der Waals surface area (Å²) in [7, 11) is 0. The Morgan fingerprint density at radius 2 is 1.97 bits per heavy atom. The smallest absolute Gasteiger partial charge is 0.380 e. The second-order valence-electron chi connectivity index (χ2n) is 8.68. The molecular formula is C22H20F5N7O. The minimum absolute atomic E-state index is 0.0618. The van der Waals surface area contributed by atoms with Crippen molar-refractivity contribution >= 4 is 11.5 Å². The number of benzene rings is 1. The average molecular weight is 493 g/mol. The standard InChI is InChI=1S/C22H20F5N7O/c1-21(35,22(25,26)27)10-17-29-19(32-31-17)14-11-28-34-8-6-18(30-20(14)34)33-7-2-3-16(33)13-9-12(23)4-5-15(13)24/h4-6,8-9,11,16,35H,2-3,7,10H2,1H3,(H,29,31,32)/t16-,21?/m1/s1. The fraction of sp³-hybridized carbons (Fsp3) is 0.364. The molecule has 13 heteroatoms. The van der Waals surface area contributed by atoms with Crippen molar-refractivity contribution in [3.8, 4) is 11.4 Å². The molecule has 1 unspecified atom stereocenters. The Kier molecular flexibility index (Phi) is 5.46. The molecule has 2 atom stereocenters. The maximum absolute atomic E-state index is 14.5. The lowest BCUT2D eigenvalue weighted by Crippen LogP contribution is -2.44. The van der Waals surface area contributed by atoms with Gasteiger partial charge in [-0.15, -0.1) is 0 Å². The lowest BCUT2D eigenvalue weighted by atomic mass is 10.0. The largest absolute Gasteiger partial charge is 0.417 e. The van der Waals surface area contributed by atoms with E-state index in [1.54, 1.807) is 12.3 Å². The first kappa shape index (κ1) is 23.1. The summed E-state index contributed by atoms with van der Waals surface area (Å²) in [6.45, 7) is 1.23. The lowest BCUT2D eigenvalue weighted by molar-refractivity contribution is -0.252. The number of hydrogen-bond donors (Lipinski definition) is 2. The third-order valence-electron chi connectivity index (χ3n) is 6.11. The van der Waals surface area contributed by atoms with E-state index in [0.717, 1.165) is 18.6 Å². The topological polar surface area (TPSA) is 95.2 Å². The molecule has 1 aromatic carbocycles. The number of nitrogens with one attached hydrogen (secondary N) is 1. The Hall–Kier alpha value is -3.61. The van der Waals surface area contributed by atoms with Crippen molar-refractivity contribution in [1.29, 1.82) is 0 Å². The molecule has 5 rings (SSSR count). The highest BCUT2D eigenvalue weighted by molar-refractivity contribution is 5.73. The van der Waals surface area contributed by atoms with Crippen LogP contribution in [0.4, 0.5) is 27.8 Å². The number of H-pyrrole nitrogens is 1. The van der Waals surface area contributed by atoms with Gasteiger partial charge in [0.1, 0.15) is 23.3 Å². The maximum Gasteiger partial charge on any atom is 0.417 e. The summed E-state index contributed by atoms with van der Waals surface area (Å²) < 4.78 is 68.8. The summed E-state index contributed by atoms with van der Waals surface area (Å²) in [6, 6.07) is 4.64. The quantitative estimate of drug-likeness (QED) is 0.409. The Morgan fingerprint density at radius 3 is 2.74 bits per heavy atom. The highest BCUT2D eigenvalue weighted by Crippen LogP contribution is 2.37. The van der Waals surface area contributed by atoms with Crippen LogP contribution in [0.5, 0.6) is 0 Å². The maximum atomic E-state index is 14.5. The predicted octanol–water partition coefficient (Wildman–Crippen LogP) is 3.99. The number of hydrogen-bond acceptors (Lipinski definition) is 6. The van der Waals surface area contributed by atoms with Crippen LogP contribution in [0, 0.1) is 11.6 Å². The van der Waals surface area contributed by atoms with Gasteiger partial charge in [-0.1, -0.05) is 0 Å². The number of halogens is 5. The minimum atomic E-state index is -4.84. The molecule has 0 bridgehead atoms. The molecule has 0 saturated carbocycles. The third-order valence-corrected chi connectivity index (χ3v) is 6.11. The second kappa shape index (κ2) is 8.26. The van der Waals surface area contributed by atoms with E-state index in [4.69, 9.17) is 0 Å². The molecule has 2 N–H and O–H groups in total. The van der Waals surface area contributed by atoms with Crippen molar-refractivity contribution in [2.24, 2.45) is 0 Å². The van der Waals surface area contributed by atoms with Crippen molar-refractivity contribution in [3.63, 3.8) is 0 Å². The van der Waals surface area contributed by atoms with E-state index in [1.165, 1.54) is 16.8 Å². The molecule has 4 aromatic rings. The molecule has 1 aliphatic rings. The number of aliphatic hydroxyl groups is 1. The number of anilines is 1. The van der Waals surface area contributed by atoms with Gasteiger partial charge in [-0.3, -0.25) is 5.10 Å². The number of alkyl halides is 3. The van der Waals surface area contributed by atoms with Gasteiger partial charge in [-0.2, -0.15) is 23.4 Å². The van der Waals surface area contributed by atoms with Crippen LogP contribution in [0.25, 0.3) is 17.0 Å². The third kappa shape index (κ3) is 4.20. The van der Waals surface area contributed by atoms with Gasteiger partial charge >= 0.3 is 6.18 Å². The highest BCUT2D eigenvalue weighted by Gasteiger charge is 2.50. The first-order chi connectivity index (χ1) is 16.5. The van der Waals surface area contributed by atoms with E-state index in [1.807, 2.05) is 4.90 Å². The molecule has 0 aliphatic carbocycles. The Morgan fingerprint density at radius 1 is 1.17 bits per heavy atom. The zero-order valence-electron chi connectivity index (χ0n) is 18.4. The van der Waals surface area contributed by atoms with Crippen molar-refractivity contribution in [2.75, 3.05) is 11.4 Å². The van der Waals surface area contributed by atoms with Crippen LogP contribution in [-0.2, 0) is 6.42 Å². The predicted molar refractivity (Wildman–Crippen MR) is 114 cm³/mol. The van der Waals surface area contributed by atoms with Gasteiger partial charge in [0, 0.05) is 24.7 Å². The van der Waals surface area contributed by atoms with Crippen LogP contribution in [0.2, 0.25) is 0 Å². The molecule has 0 spiro atoms. The fourth-order valence-corrected chi connectivity index (χ4v) is 4.23. The fourth-order valence-electron chi connectivity index (χ4n) is 4.23. The molecule has 1 fully saturated rings. The molecule has 1 saturated heterocycles. The van der Waals surface area contributed by atoms with Gasteiger partial charge < -0.3 is 10.0 Å².